The molecule has 0 spiro atoms. The molecular weight excluding hydrogens is 418 g/mol. The lowest BCUT2D eigenvalue weighted by Crippen LogP contribution is -2.53. The highest BCUT2D eigenvalue weighted by Crippen LogP contribution is 2.27. The lowest BCUT2D eigenvalue weighted by molar-refractivity contribution is -0.0208. The molecule has 31 heavy (non-hydrogen) atoms. The van der Waals surface area contributed by atoms with Gasteiger partial charge in [-0.15, -0.1) is 0 Å². The zero-order valence-electron chi connectivity index (χ0n) is 18.2. The van der Waals surface area contributed by atoms with Crippen molar-refractivity contribution in [2.75, 3.05) is 6.61 Å². The fourth-order valence-electron chi connectivity index (χ4n) is 3.45. The number of aryl methyl sites for hydroxylation is 1. The second-order valence-corrected chi connectivity index (χ2v) is 10.4. The molecule has 2 atom stereocenters. The van der Waals surface area contributed by atoms with E-state index >= 15 is 0 Å². The second kappa shape index (κ2) is 8.98. The molecule has 168 valence electrons. The molecule has 1 heterocycles. The first-order chi connectivity index (χ1) is 14.5. The summed E-state index contributed by atoms with van der Waals surface area (Å²) < 4.78 is 35.6. The molecule has 8 heteroatoms. The summed E-state index contributed by atoms with van der Waals surface area (Å²) in [6.45, 7) is 6.95. The summed E-state index contributed by atoms with van der Waals surface area (Å²) in [5.74, 6) is 0. The smallest absolute Gasteiger partial charge is 0.410 e. The summed E-state index contributed by atoms with van der Waals surface area (Å²) in [4.78, 5) is 14.3. The zero-order chi connectivity index (χ0) is 22.8. The minimum Gasteiger partial charge on any atom is -0.444 e. The zero-order valence-corrected chi connectivity index (χ0v) is 19.1. The summed E-state index contributed by atoms with van der Waals surface area (Å²) in [5, 5.41) is 10.8. The highest BCUT2D eigenvalue weighted by molar-refractivity contribution is 7.86. The van der Waals surface area contributed by atoms with E-state index in [1.54, 1.807) is 32.9 Å². The van der Waals surface area contributed by atoms with E-state index in [2.05, 4.69) is 0 Å². The van der Waals surface area contributed by atoms with E-state index in [0.29, 0.717) is 6.42 Å². The summed E-state index contributed by atoms with van der Waals surface area (Å²) in [7, 11) is -4.03. The van der Waals surface area contributed by atoms with E-state index in [1.165, 1.54) is 17.0 Å². The Balaban J connectivity index is 1.78. The van der Waals surface area contributed by atoms with Crippen molar-refractivity contribution in [3.05, 3.63) is 65.2 Å². The summed E-state index contributed by atoms with van der Waals surface area (Å²) in [5.41, 5.74) is 2.18. The molecule has 0 aliphatic carbocycles. The van der Waals surface area contributed by atoms with Crippen LogP contribution in [0.3, 0.4) is 0 Å². The van der Waals surface area contributed by atoms with Crippen molar-refractivity contribution in [2.24, 2.45) is 0 Å². The van der Waals surface area contributed by atoms with Crippen LogP contribution in [0.5, 0.6) is 0 Å². The van der Waals surface area contributed by atoms with Gasteiger partial charge < -0.3 is 9.84 Å². The number of amides is 1. The van der Waals surface area contributed by atoms with E-state index in [-0.39, 0.29) is 11.4 Å². The largest absolute Gasteiger partial charge is 0.444 e. The Morgan fingerprint density at radius 3 is 2.35 bits per heavy atom. The van der Waals surface area contributed by atoms with Crippen molar-refractivity contribution in [3.8, 4) is 0 Å². The van der Waals surface area contributed by atoms with Gasteiger partial charge in [0.1, 0.15) is 5.60 Å². The molecule has 1 amide bonds. The van der Waals surface area contributed by atoms with Gasteiger partial charge in [-0.3, -0.25) is 9.08 Å². The number of fused-ring (bicyclic) bond motifs is 1. The van der Waals surface area contributed by atoms with Gasteiger partial charge in [-0.2, -0.15) is 8.42 Å². The quantitative estimate of drug-likeness (QED) is 0.706. The molecule has 2 aromatic carbocycles. The van der Waals surface area contributed by atoms with Crippen LogP contribution in [0.25, 0.3) is 0 Å². The standard InChI is InChI=1S/C23H29NO6S/c1-16-9-11-19(12-10-16)31(27,28)29-15-21(25)20-13-17-7-5-6-8-18(17)14-24(20)22(26)30-23(2,3)4/h5-12,20-21,25H,13-15H2,1-4H3/t20-,21+/m0/s1. The normalized spacial score (nSPS) is 17.7. The maximum Gasteiger partial charge on any atom is 0.410 e. The van der Waals surface area contributed by atoms with Gasteiger partial charge in [0.05, 0.1) is 23.6 Å². The number of hydrogen-bond donors (Lipinski definition) is 1. The number of hydrogen-bond acceptors (Lipinski definition) is 6. The number of aliphatic hydroxyl groups is 1. The Labute approximate surface area is 183 Å². The lowest BCUT2D eigenvalue weighted by atomic mass is 9.91. The van der Waals surface area contributed by atoms with Crippen LogP contribution in [0.1, 0.15) is 37.5 Å². The van der Waals surface area contributed by atoms with Gasteiger partial charge in [-0.25, -0.2) is 4.79 Å². The van der Waals surface area contributed by atoms with Crippen LogP contribution in [-0.4, -0.2) is 48.9 Å². The van der Waals surface area contributed by atoms with E-state index in [4.69, 9.17) is 8.92 Å². The summed E-state index contributed by atoms with van der Waals surface area (Å²) in [6.07, 6.45) is -1.42. The molecule has 1 aliphatic rings. The molecule has 0 saturated carbocycles. The summed E-state index contributed by atoms with van der Waals surface area (Å²) in [6, 6.07) is 13.2. The highest BCUT2D eigenvalue weighted by atomic mass is 32.2. The predicted octanol–water partition coefficient (Wildman–Crippen LogP) is 3.42. The Morgan fingerprint density at radius 2 is 1.74 bits per heavy atom. The van der Waals surface area contributed by atoms with Crippen LogP contribution < -0.4 is 0 Å². The van der Waals surface area contributed by atoms with Gasteiger partial charge in [0.25, 0.3) is 10.1 Å². The highest BCUT2D eigenvalue weighted by Gasteiger charge is 2.37. The van der Waals surface area contributed by atoms with Crippen LogP contribution in [0.4, 0.5) is 4.79 Å². The van der Waals surface area contributed by atoms with Crippen LogP contribution in [0.15, 0.2) is 53.4 Å². The van der Waals surface area contributed by atoms with Gasteiger partial charge in [-0.1, -0.05) is 42.0 Å². The third-order valence-electron chi connectivity index (χ3n) is 5.06. The van der Waals surface area contributed by atoms with Crippen molar-refractivity contribution in [1.29, 1.82) is 0 Å². The molecule has 3 rings (SSSR count). The monoisotopic (exact) mass is 447 g/mol. The molecule has 0 saturated heterocycles. The Morgan fingerprint density at radius 1 is 1.13 bits per heavy atom. The first-order valence-corrected chi connectivity index (χ1v) is 11.6. The van der Waals surface area contributed by atoms with Crippen LogP contribution in [0.2, 0.25) is 0 Å². The third-order valence-corrected chi connectivity index (χ3v) is 6.36. The Hall–Kier alpha value is -2.42. The number of nitrogens with zero attached hydrogens (tertiary/aromatic N) is 1. The minimum absolute atomic E-state index is 0.0169. The number of benzene rings is 2. The van der Waals surface area contributed by atoms with Gasteiger partial charge in [0.2, 0.25) is 0 Å². The lowest BCUT2D eigenvalue weighted by Gasteiger charge is -2.39. The van der Waals surface area contributed by atoms with E-state index in [9.17, 15) is 18.3 Å². The van der Waals surface area contributed by atoms with E-state index < -0.39 is 40.6 Å². The topological polar surface area (TPSA) is 93.1 Å². The number of rotatable bonds is 5. The van der Waals surface area contributed by atoms with Crippen molar-refractivity contribution >= 4 is 16.2 Å². The second-order valence-electron chi connectivity index (χ2n) is 8.77. The minimum atomic E-state index is -4.03. The van der Waals surface area contributed by atoms with Gasteiger partial charge in [-0.05, 0) is 57.4 Å². The first kappa shape index (κ1) is 23.2. The first-order valence-electron chi connectivity index (χ1n) is 10.2. The average molecular weight is 448 g/mol. The van der Waals surface area contributed by atoms with Gasteiger partial charge in [0.15, 0.2) is 0 Å². The molecular formula is C23H29NO6S. The Kier molecular flexibility index (Phi) is 6.73. The molecule has 0 aromatic heterocycles. The number of carbonyl (C=O) groups is 1. The molecule has 1 N–H and O–H groups in total. The van der Waals surface area contributed by atoms with Crippen molar-refractivity contribution in [1.82, 2.24) is 4.90 Å². The fraction of sp³-hybridized carbons (Fsp3) is 0.435. The Bertz CT molecular complexity index is 1030. The van der Waals surface area contributed by atoms with Crippen molar-refractivity contribution in [3.63, 3.8) is 0 Å². The van der Waals surface area contributed by atoms with Crippen molar-refractivity contribution in [2.45, 2.75) is 63.3 Å². The van der Waals surface area contributed by atoms with E-state index in [1.807, 2.05) is 31.2 Å². The maximum atomic E-state index is 12.8. The maximum absolute atomic E-state index is 12.8. The number of ether oxygens (including phenoxy) is 1. The average Bonchev–Trinajstić information content (AvgIpc) is 2.70. The molecule has 0 unspecified atom stereocenters. The van der Waals surface area contributed by atoms with Gasteiger partial charge >= 0.3 is 6.09 Å². The molecule has 0 fully saturated rings. The van der Waals surface area contributed by atoms with E-state index in [0.717, 1.165) is 16.7 Å². The third kappa shape index (κ3) is 5.84. The SMILES string of the molecule is Cc1ccc(S(=O)(=O)OC[C@@H](O)[C@@H]2Cc3ccccc3CN2C(=O)OC(C)(C)C)cc1. The number of aliphatic hydroxyl groups excluding tert-OH is 1. The van der Waals surface area contributed by atoms with Crippen LogP contribution in [0, 0.1) is 6.92 Å². The predicted molar refractivity (Wildman–Crippen MR) is 116 cm³/mol. The fourth-order valence-corrected chi connectivity index (χ4v) is 4.38. The molecule has 7 nitrogen and oxygen atoms in total. The van der Waals surface area contributed by atoms with Crippen LogP contribution in [-0.2, 0) is 32.0 Å². The van der Waals surface area contributed by atoms with Crippen LogP contribution >= 0.6 is 0 Å². The molecule has 0 bridgehead atoms. The molecule has 1 aliphatic heterocycles. The summed E-state index contributed by atoms with van der Waals surface area (Å²) >= 11 is 0. The molecule has 2 aromatic rings. The number of carbonyl (C=O) groups excluding carboxylic acids is 1. The van der Waals surface area contributed by atoms with Crippen molar-refractivity contribution < 1.29 is 27.2 Å². The molecule has 0 radical (unpaired) electrons. The van der Waals surface area contributed by atoms with Gasteiger partial charge in [0, 0.05) is 6.54 Å².